The first kappa shape index (κ1) is 11.3. The van der Waals surface area contributed by atoms with Gasteiger partial charge in [-0.1, -0.05) is 39.5 Å². The molecule has 12 heavy (non-hydrogen) atoms. The van der Waals surface area contributed by atoms with Crippen LogP contribution >= 0.6 is 0 Å². The van der Waals surface area contributed by atoms with E-state index in [0.29, 0.717) is 5.92 Å². The second-order valence-electron chi connectivity index (χ2n) is 3.45. The number of hydrogen-bond acceptors (Lipinski definition) is 1. The van der Waals surface area contributed by atoms with Crippen LogP contribution in [0.15, 0.2) is 24.4 Å². The molecule has 1 nitrogen and oxygen atoms in total. The molecule has 0 radical (unpaired) electrons. The Balaban J connectivity index is 3.44. The van der Waals surface area contributed by atoms with Crippen LogP contribution in [0.2, 0.25) is 0 Å². The normalized spacial score (nSPS) is 10.0. The highest BCUT2D eigenvalue weighted by molar-refractivity contribution is 4.99. The van der Waals surface area contributed by atoms with Crippen molar-refractivity contribution in [1.29, 1.82) is 0 Å². The molecule has 0 amide bonds. The Morgan fingerprint density at radius 3 is 2.33 bits per heavy atom. The lowest BCUT2D eigenvalue weighted by atomic mass is 10.0. The summed E-state index contributed by atoms with van der Waals surface area (Å²) in [6.45, 7) is 15.3. The van der Waals surface area contributed by atoms with Crippen molar-refractivity contribution in [2.24, 2.45) is 5.92 Å². The third-order valence-electron chi connectivity index (χ3n) is 2.06. The molecule has 0 spiro atoms. The zero-order valence-corrected chi connectivity index (χ0v) is 8.61. The second-order valence-corrected chi connectivity index (χ2v) is 3.45. The van der Waals surface area contributed by atoms with Gasteiger partial charge in [0.15, 0.2) is 0 Å². The molecule has 0 aromatic carbocycles. The van der Waals surface area contributed by atoms with Gasteiger partial charge in [0.05, 0.1) is 0 Å². The van der Waals surface area contributed by atoms with Gasteiger partial charge < -0.3 is 5.32 Å². The van der Waals surface area contributed by atoms with Gasteiger partial charge in [-0.15, -0.1) is 0 Å². The highest BCUT2D eigenvalue weighted by Crippen LogP contribution is 2.09. The molecule has 0 atom stereocenters. The van der Waals surface area contributed by atoms with Crippen molar-refractivity contribution in [3.8, 4) is 0 Å². The Kier molecular flexibility index (Phi) is 5.52. The molecule has 0 aliphatic heterocycles. The molecule has 0 heterocycles. The largest absolute Gasteiger partial charge is 0.389 e. The summed E-state index contributed by atoms with van der Waals surface area (Å²) in [5.41, 5.74) is 2.43. The van der Waals surface area contributed by atoms with Crippen LogP contribution in [-0.2, 0) is 0 Å². The standard InChI is InChI=1S/C11H21N/c1-6-11(5)12-8-7-10(4)9(2)3/h9,12H,4-8H2,1-3H3. The summed E-state index contributed by atoms with van der Waals surface area (Å²) < 4.78 is 0. The van der Waals surface area contributed by atoms with E-state index in [1.54, 1.807) is 0 Å². The predicted molar refractivity (Wildman–Crippen MR) is 56.0 cm³/mol. The zero-order valence-electron chi connectivity index (χ0n) is 8.61. The van der Waals surface area contributed by atoms with E-state index in [2.05, 4.69) is 39.2 Å². The van der Waals surface area contributed by atoms with Gasteiger partial charge in [-0.05, 0) is 18.8 Å². The van der Waals surface area contributed by atoms with Crippen molar-refractivity contribution < 1.29 is 0 Å². The molecular weight excluding hydrogens is 146 g/mol. The summed E-state index contributed by atoms with van der Waals surface area (Å²) in [5.74, 6) is 0.599. The van der Waals surface area contributed by atoms with Crippen molar-refractivity contribution in [3.63, 3.8) is 0 Å². The fourth-order valence-corrected chi connectivity index (χ4v) is 0.814. The molecule has 0 aliphatic carbocycles. The summed E-state index contributed by atoms with van der Waals surface area (Å²) in [5, 5.41) is 3.26. The lowest BCUT2D eigenvalue weighted by Gasteiger charge is -2.11. The van der Waals surface area contributed by atoms with Gasteiger partial charge in [-0.3, -0.25) is 0 Å². The fourth-order valence-electron chi connectivity index (χ4n) is 0.814. The van der Waals surface area contributed by atoms with Crippen LogP contribution < -0.4 is 5.32 Å². The minimum absolute atomic E-state index is 0.599. The van der Waals surface area contributed by atoms with Gasteiger partial charge in [-0.2, -0.15) is 0 Å². The summed E-state index contributed by atoms with van der Waals surface area (Å²) in [4.78, 5) is 0. The molecule has 0 unspecified atom stereocenters. The fraction of sp³-hybridized carbons (Fsp3) is 0.636. The van der Waals surface area contributed by atoms with Gasteiger partial charge in [0.2, 0.25) is 0 Å². The van der Waals surface area contributed by atoms with Crippen molar-refractivity contribution in [1.82, 2.24) is 5.32 Å². The molecule has 0 bridgehead atoms. The van der Waals surface area contributed by atoms with Crippen LogP contribution in [0.25, 0.3) is 0 Å². The number of allylic oxidation sites excluding steroid dienone is 1. The monoisotopic (exact) mass is 167 g/mol. The minimum Gasteiger partial charge on any atom is -0.389 e. The predicted octanol–water partition coefficient (Wildman–Crippen LogP) is 3.10. The lowest BCUT2D eigenvalue weighted by molar-refractivity contribution is 0.677. The van der Waals surface area contributed by atoms with E-state index in [-0.39, 0.29) is 0 Å². The zero-order chi connectivity index (χ0) is 9.56. The average molecular weight is 167 g/mol. The average Bonchev–Trinajstić information content (AvgIpc) is 2.03. The van der Waals surface area contributed by atoms with Gasteiger partial charge in [0.25, 0.3) is 0 Å². The molecule has 0 fully saturated rings. The molecule has 70 valence electrons. The van der Waals surface area contributed by atoms with E-state index in [1.807, 2.05) is 0 Å². The van der Waals surface area contributed by atoms with Crippen molar-refractivity contribution in [3.05, 3.63) is 24.4 Å². The minimum atomic E-state index is 0.599. The van der Waals surface area contributed by atoms with E-state index in [4.69, 9.17) is 0 Å². The number of nitrogens with one attached hydrogen (secondary N) is 1. The van der Waals surface area contributed by atoms with Crippen LogP contribution in [0, 0.1) is 5.92 Å². The van der Waals surface area contributed by atoms with E-state index in [1.165, 1.54) is 5.57 Å². The maximum atomic E-state index is 4.01. The van der Waals surface area contributed by atoms with Crippen LogP contribution in [0.4, 0.5) is 0 Å². The highest BCUT2D eigenvalue weighted by Gasteiger charge is 1.98. The van der Waals surface area contributed by atoms with Gasteiger partial charge in [0, 0.05) is 12.2 Å². The SMILES string of the molecule is C=C(CC)NCCC(=C)C(C)C. The van der Waals surface area contributed by atoms with E-state index >= 15 is 0 Å². The highest BCUT2D eigenvalue weighted by atomic mass is 14.9. The van der Waals surface area contributed by atoms with Crippen molar-refractivity contribution >= 4 is 0 Å². The number of rotatable bonds is 6. The van der Waals surface area contributed by atoms with Gasteiger partial charge in [-0.25, -0.2) is 0 Å². The first-order valence-corrected chi connectivity index (χ1v) is 4.67. The molecule has 0 saturated carbocycles. The second kappa shape index (κ2) is 5.87. The summed E-state index contributed by atoms with van der Waals surface area (Å²) in [7, 11) is 0. The molecule has 1 heteroatoms. The molecule has 0 aromatic rings. The topological polar surface area (TPSA) is 12.0 Å². The Morgan fingerprint density at radius 1 is 1.33 bits per heavy atom. The molecule has 0 saturated heterocycles. The molecule has 0 aromatic heterocycles. The Hall–Kier alpha value is -0.720. The third-order valence-corrected chi connectivity index (χ3v) is 2.06. The maximum absolute atomic E-state index is 4.01. The third kappa shape index (κ3) is 5.00. The number of hydrogen-bond donors (Lipinski definition) is 1. The maximum Gasteiger partial charge on any atom is 0.0181 e. The molecular formula is C11H21N. The Morgan fingerprint density at radius 2 is 1.92 bits per heavy atom. The summed E-state index contributed by atoms with van der Waals surface area (Å²) >= 11 is 0. The van der Waals surface area contributed by atoms with E-state index in [9.17, 15) is 0 Å². The van der Waals surface area contributed by atoms with E-state index in [0.717, 1.165) is 25.1 Å². The van der Waals surface area contributed by atoms with Crippen LogP contribution in [0.3, 0.4) is 0 Å². The first-order valence-electron chi connectivity index (χ1n) is 4.67. The Bertz CT molecular complexity index is 156. The van der Waals surface area contributed by atoms with Gasteiger partial charge >= 0.3 is 0 Å². The van der Waals surface area contributed by atoms with Crippen LogP contribution in [0.1, 0.15) is 33.6 Å². The smallest absolute Gasteiger partial charge is 0.0181 e. The summed E-state index contributed by atoms with van der Waals surface area (Å²) in [6, 6.07) is 0. The quantitative estimate of drug-likeness (QED) is 0.599. The van der Waals surface area contributed by atoms with Crippen molar-refractivity contribution in [2.75, 3.05) is 6.54 Å². The Labute approximate surface area is 76.6 Å². The molecule has 1 N–H and O–H groups in total. The van der Waals surface area contributed by atoms with E-state index < -0.39 is 0 Å². The molecule has 0 aliphatic rings. The van der Waals surface area contributed by atoms with Gasteiger partial charge in [0.1, 0.15) is 0 Å². The van der Waals surface area contributed by atoms with Crippen LogP contribution in [0.5, 0.6) is 0 Å². The molecule has 0 rings (SSSR count). The van der Waals surface area contributed by atoms with Crippen molar-refractivity contribution in [2.45, 2.75) is 33.6 Å². The first-order chi connectivity index (χ1) is 5.57. The summed E-state index contributed by atoms with van der Waals surface area (Å²) in [6.07, 6.45) is 2.06. The van der Waals surface area contributed by atoms with Crippen LogP contribution in [-0.4, -0.2) is 6.54 Å². The lowest BCUT2D eigenvalue weighted by Crippen LogP contribution is -2.14.